The van der Waals surface area contributed by atoms with Crippen LogP contribution in [0, 0.1) is 6.92 Å². The summed E-state index contributed by atoms with van der Waals surface area (Å²) in [6.07, 6.45) is 0. The number of para-hydroxylation sites is 1. The molecule has 182 valence electrons. The van der Waals surface area contributed by atoms with E-state index in [2.05, 4.69) is 26.7 Å². The topological polar surface area (TPSA) is 79.6 Å². The Morgan fingerprint density at radius 1 is 0.771 bits per heavy atom. The average Bonchev–Trinajstić information content (AvgIpc) is 3.07. The second-order valence-corrected chi connectivity index (χ2v) is 10.7. The lowest BCUT2D eigenvalue weighted by Crippen LogP contribution is -2.46. The molecule has 3 aromatic carbocycles. The summed E-state index contributed by atoms with van der Waals surface area (Å²) >= 11 is 0. The highest BCUT2D eigenvalue weighted by atomic mass is 32.2. The summed E-state index contributed by atoms with van der Waals surface area (Å²) < 4.78 is 32.5. The molecule has 0 aliphatic carbocycles. The van der Waals surface area contributed by atoms with Gasteiger partial charge in [0.2, 0.25) is 0 Å². The predicted octanol–water partition coefficient (Wildman–Crippen LogP) is 3.31. The number of benzene rings is 3. The van der Waals surface area contributed by atoms with Crippen LogP contribution in [0.15, 0.2) is 76.4 Å². The molecule has 35 heavy (non-hydrogen) atoms. The van der Waals surface area contributed by atoms with Gasteiger partial charge in [-0.25, -0.2) is 13.2 Å². The molecule has 8 nitrogen and oxygen atoms in total. The second-order valence-electron chi connectivity index (χ2n) is 8.99. The van der Waals surface area contributed by atoms with Crippen molar-refractivity contribution in [2.45, 2.75) is 11.8 Å². The summed E-state index contributed by atoms with van der Waals surface area (Å²) in [7, 11) is -0.381. The molecule has 0 radical (unpaired) electrons. The van der Waals surface area contributed by atoms with Crippen molar-refractivity contribution < 1.29 is 8.42 Å². The van der Waals surface area contributed by atoms with Crippen LogP contribution in [0.4, 0.5) is 17.1 Å². The molecule has 2 heterocycles. The lowest BCUT2D eigenvalue weighted by molar-refractivity contribution is 0.601. The van der Waals surface area contributed by atoms with E-state index in [9.17, 15) is 13.2 Å². The molecule has 0 unspecified atom stereocenters. The second kappa shape index (κ2) is 8.81. The lowest BCUT2D eigenvalue weighted by atomic mass is 10.1. The standard InChI is InChI=1S/C26H29N5O3S/c1-19-9-11-21(12-10-19)35(33,34)27-22-17-24-25(29(3)26(32)28(24)2)18-23(22)31-15-13-30(14-16-31)20-7-5-4-6-8-20/h4-12,17-18,27H,13-16H2,1-3H3. The quantitative estimate of drug-likeness (QED) is 0.463. The first-order valence-electron chi connectivity index (χ1n) is 11.6. The Balaban J connectivity index is 1.53. The summed E-state index contributed by atoms with van der Waals surface area (Å²) in [4.78, 5) is 17.3. The van der Waals surface area contributed by atoms with Gasteiger partial charge >= 0.3 is 5.69 Å². The number of aryl methyl sites for hydroxylation is 3. The molecule has 1 saturated heterocycles. The lowest BCUT2D eigenvalue weighted by Gasteiger charge is -2.38. The average molecular weight is 492 g/mol. The van der Waals surface area contributed by atoms with Crippen LogP contribution in [0.25, 0.3) is 11.0 Å². The third-order valence-electron chi connectivity index (χ3n) is 6.71. The largest absolute Gasteiger partial charge is 0.368 e. The van der Waals surface area contributed by atoms with E-state index in [1.807, 2.05) is 31.2 Å². The molecule has 0 spiro atoms. The van der Waals surface area contributed by atoms with E-state index in [4.69, 9.17) is 0 Å². The highest BCUT2D eigenvalue weighted by molar-refractivity contribution is 7.92. The Kier molecular flexibility index (Phi) is 5.80. The van der Waals surface area contributed by atoms with Crippen molar-refractivity contribution in [3.63, 3.8) is 0 Å². The molecule has 0 bridgehead atoms. The fraction of sp³-hybridized carbons (Fsp3) is 0.269. The van der Waals surface area contributed by atoms with Crippen molar-refractivity contribution in [1.29, 1.82) is 0 Å². The number of rotatable bonds is 5. The van der Waals surface area contributed by atoms with Gasteiger partial charge in [0.05, 0.1) is 27.3 Å². The van der Waals surface area contributed by atoms with Gasteiger partial charge in [0.1, 0.15) is 0 Å². The maximum atomic E-state index is 13.3. The van der Waals surface area contributed by atoms with Gasteiger partial charge in [0, 0.05) is 46.0 Å². The summed E-state index contributed by atoms with van der Waals surface area (Å²) in [5, 5.41) is 0. The number of anilines is 3. The van der Waals surface area contributed by atoms with Crippen molar-refractivity contribution in [3.05, 3.63) is 82.8 Å². The van der Waals surface area contributed by atoms with Crippen LogP contribution in [0.3, 0.4) is 0 Å². The Morgan fingerprint density at radius 3 is 1.97 bits per heavy atom. The van der Waals surface area contributed by atoms with E-state index in [1.165, 1.54) is 10.3 Å². The molecule has 4 aromatic rings. The molecule has 0 atom stereocenters. The van der Waals surface area contributed by atoms with Gasteiger partial charge in [-0.1, -0.05) is 35.9 Å². The van der Waals surface area contributed by atoms with Crippen molar-refractivity contribution in [2.24, 2.45) is 14.1 Å². The predicted molar refractivity (Wildman–Crippen MR) is 141 cm³/mol. The van der Waals surface area contributed by atoms with Crippen LogP contribution < -0.4 is 20.2 Å². The van der Waals surface area contributed by atoms with E-state index in [0.29, 0.717) is 11.2 Å². The van der Waals surface area contributed by atoms with E-state index in [1.54, 1.807) is 49.0 Å². The molecule has 1 aromatic heterocycles. The number of fused-ring (bicyclic) bond motifs is 1. The Morgan fingerprint density at radius 2 is 1.34 bits per heavy atom. The van der Waals surface area contributed by atoms with Crippen molar-refractivity contribution >= 4 is 38.1 Å². The fourth-order valence-corrected chi connectivity index (χ4v) is 5.71. The van der Waals surface area contributed by atoms with E-state index in [-0.39, 0.29) is 10.6 Å². The first kappa shape index (κ1) is 23.0. The molecule has 0 saturated carbocycles. The van der Waals surface area contributed by atoms with Crippen LogP contribution in [-0.4, -0.2) is 43.7 Å². The van der Waals surface area contributed by atoms with Crippen molar-refractivity contribution in [1.82, 2.24) is 9.13 Å². The van der Waals surface area contributed by atoms with E-state index < -0.39 is 10.0 Å². The maximum absolute atomic E-state index is 13.3. The molecule has 1 fully saturated rings. The van der Waals surface area contributed by atoms with Crippen LogP contribution in [0.1, 0.15) is 5.56 Å². The number of nitrogens with one attached hydrogen (secondary N) is 1. The summed E-state index contributed by atoms with van der Waals surface area (Å²) in [6.45, 7) is 4.97. The van der Waals surface area contributed by atoms with Gasteiger partial charge in [0.15, 0.2) is 0 Å². The Bertz CT molecular complexity index is 1530. The normalized spacial score (nSPS) is 14.5. The van der Waals surface area contributed by atoms with Crippen molar-refractivity contribution in [2.75, 3.05) is 40.7 Å². The monoisotopic (exact) mass is 491 g/mol. The molecule has 0 amide bonds. The minimum atomic E-state index is -3.81. The van der Waals surface area contributed by atoms with Gasteiger partial charge < -0.3 is 9.80 Å². The van der Waals surface area contributed by atoms with Gasteiger partial charge in [-0.2, -0.15) is 0 Å². The first-order valence-corrected chi connectivity index (χ1v) is 13.1. The third kappa shape index (κ3) is 4.27. The molecule has 1 aliphatic rings. The molecule has 5 rings (SSSR count). The SMILES string of the molecule is Cc1ccc(S(=O)(=O)Nc2cc3c(cc2N2CCN(c4ccccc4)CC2)n(C)c(=O)n3C)cc1. The summed E-state index contributed by atoms with van der Waals surface area (Å²) in [6, 6.07) is 20.7. The highest BCUT2D eigenvalue weighted by Gasteiger charge is 2.24. The zero-order valence-corrected chi connectivity index (χ0v) is 20.9. The van der Waals surface area contributed by atoms with Crippen LogP contribution in [0.5, 0.6) is 0 Å². The van der Waals surface area contributed by atoms with Gasteiger partial charge in [0.25, 0.3) is 10.0 Å². The maximum Gasteiger partial charge on any atom is 0.328 e. The zero-order chi connectivity index (χ0) is 24.7. The van der Waals surface area contributed by atoms with Gasteiger partial charge in [-0.05, 0) is 43.3 Å². The molecule has 9 heteroatoms. The van der Waals surface area contributed by atoms with Crippen LogP contribution in [-0.2, 0) is 24.1 Å². The highest BCUT2D eigenvalue weighted by Crippen LogP contribution is 2.34. The van der Waals surface area contributed by atoms with Crippen LogP contribution >= 0.6 is 0 Å². The minimum absolute atomic E-state index is 0.154. The molecular weight excluding hydrogens is 462 g/mol. The smallest absolute Gasteiger partial charge is 0.328 e. The number of imidazole rings is 1. The third-order valence-corrected chi connectivity index (χ3v) is 8.09. The zero-order valence-electron chi connectivity index (χ0n) is 20.1. The summed E-state index contributed by atoms with van der Waals surface area (Å²) in [5.74, 6) is 0. The first-order chi connectivity index (χ1) is 16.7. The van der Waals surface area contributed by atoms with E-state index in [0.717, 1.165) is 42.9 Å². The van der Waals surface area contributed by atoms with Crippen molar-refractivity contribution in [3.8, 4) is 0 Å². The molecule has 1 N–H and O–H groups in total. The number of hydrogen-bond acceptors (Lipinski definition) is 5. The number of nitrogens with zero attached hydrogens (tertiary/aromatic N) is 4. The Labute approximate surface area is 205 Å². The summed E-state index contributed by atoms with van der Waals surface area (Å²) in [5.41, 5.74) is 4.67. The van der Waals surface area contributed by atoms with Crippen LogP contribution in [0.2, 0.25) is 0 Å². The number of sulfonamides is 1. The van der Waals surface area contributed by atoms with Gasteiger partial charge in [-0.15, -0.1) is 0 Å². The number of piperazine rings is 1. The minimum Gasteiger partial charge on any atom is -0.368 e. The Hall–Kier alpha value is -3.72. The molecule has 1 aliphatic heterocycles. The molecular formula is C26H29N5O3S. The van der Waals surface area contributed by atoms with Gasteiger partial charge in [-0.3, -0.25) is 13.9 Å². The van der Waals surface area contributed by atoms with E-state index >= 15 is 0 Å². The number of hydrogen-bond donors (Lipinski definition) is 1. The number of aromatic nitrogens is 2. The fourth-order valence-electron chi connectivity index (χ4n) is 4.64.